The molecule has 0 aromatic heterocycles. The molecule has 0 bridgehead atoms. The Balaban J connectivity index is 0.00000544. The molecular formula is C26H39IN4O2. The Bertz CT molecular complexity index is 915. The highest BCUT2D eigenvalue weighted by Crippen LogP contribution is 2.23. The molecule has 2 aromatic rings. The average Bonchev–Trinajstić information content (AvgIpc) is 2.77. The predicted octanol–water partition coefficient (Wildman–Crippen LogP) is 4.79. The summed E-state index contributed by atoms with van der Waals surface area (Å²) in [6, 6.07) is 14.1. The second-order valence-electron chi connectivity index (χ2n) is 8.22. The van der Waals surface area contributed by atoms with Gasteiger partial charge >= 0.3 is 0 Å². The molecule has 1 amide bonds. The summed E-state index contributed by atoms with van der Waals surface area (Å²) in [6.45, 7) is 10.4. The van der Waals surface area contributed by atoms with Crippen LogP contribution in [0.2, 0.25) is 0 Å². The summed E-state index contributed by atoms with van der Waals surface area (Å²) in [5.41, 5.74) is 4.07. The fourth-order valence-electron chi connectivity index (χ4n) is 3.15. The monoisotopic (exact) mass is 566 g/mol. The number of amides is 1. The number of aliphatic imine (C=N–C) groups is 1. The quantitative estimate of drug-likeness (QED) is 0.247. The Morgan fingerprint density at radius 3 is 2.55 bits per heavy atom. The van der Waals surface area contributed by atoms with Crippen molar-refractivity contribution in [2.24, 2.45) is 4.99 Å². The van der Waals surface area contributed by atoms with Crippen LogP contribution in [-0.2, 0) is 13.0 Å². The number of rotatable bonds is 10. The summed E-state index contributed by atoms with van der Waals surface area (Å²) in [4.78, 5) is 18.5. The van der Waals surface area contributed by atoms with E-state index in [1.54, 1.807) is 19.0 Å². The molecule has 182 valence electrons. The first-order valence-corrected chi connectivity index (χ1v) is 11.4. The van der Waals surface area contributed by atoms with Gasteiger partial charge in [0.1, 0.15) is 5.75 Å². The summed E-state index contributed by atoms with van der Waals surface area (Å²) in [5, 5.41) is 6.70. The Morgan fingerprint density at radius 1 is 1.12 bits per heavy atom. The van der Waals surface area contributed by atoms with Gasteiger partial charge in [-0.25, -0.2) is 4.99 Å². The smallest absolute Gasteiger partial charge is 0.253 e. The average molecular weight is 567 g/mol. The third-order valence-corrected chi connectivity index (χ3v) is 5.16. The maximum atomic E-state index is 12.2. The number of carbonyl (C=O) groups excluding carboxylic acids is 1. The highest BCUT2D eigenvalue weighted by molar-refractivity contribution is 14.0. The van der Waals surface area contributed by atoms with Gasteiger partial charge in [0.25, 0.3) is 5.91 Å². The van der Waals surface area contributed by atoms with Gasteiger partial charge in [-0.1, -0.05) is 31.2 Å². The van der Waals surface area contributed by atoms with Crippen molar-refractivity contribution >= 4 is 35.8 Å². The maximum absolute atomic E-state index is 12.2. The number of nitrogens with one attached hydrogen (secondary N) is 2. The fraction of sp³-hybridized carbons (Fsp3) is 0.462. The number of guanidine groups is 1. The molecule has 0 aliphatic rings. The van der Waals surface area contributed by atoms with E-state index in [0.29, 0.717) is 12.1 Å². The SMILES string of the molecule is CCNC(=NCc1ccc(C)cc1OC(C)CC)NCCc1cccc(C(=O)N(C)C)c1.I. The van der Waals surface area contributed by atoms with Crippen LogP contribution in [0.25, 0.3) is 0 Å². The minimum absolute atomic E-state index is 0. The van der Waals surface area contributed by atoms with Crippen molar-refractivity contribution in [2.75, 3.05) is 27.2 Å². The van der Waals surface area contributed by atoms with Crippen molar-refractivity contribution in [3.8, 4) is 5.75 Å². The van der Waals surface area contributed by atoms with Crippen LogP contribution < -0.4 is 15.4 Å². The van der Waals surface area contributed by atoms with Crippen molar-refractivity contribution in [1.29, 1.82) is 0 Å². The molecule has 0 saturated carbocycles. The molecule has 0 aliphatic carbocycles. The highest BCUT2D eigenvalue weighted by atomic mass is 127. The first kappa shape index (κ1) is 28.7. The van der Waals surface area contributed by atoms with Gasteiger partial charge in [-0.3, -0.25) is 4.79 Å². The van der Waals surface area contributed by atoms with Gasteiger partial charge < -0.3 is 20.3 Å². The molecule has 7 heteroatoms. The zero-order valence-electron chi connectivity index (χ0n) is 20.8. The molecule has 1 atom stereocenters. The lowest BCUT2D eigenvalue weighted by Gasteiger charge is -2.17. The summed E-state index contributed by atoms with van der Waals surface area (Å²) in [7, 11) is 3.53. The molecule has 0 saturated heterocycles. The maximum Gasteiger partial charge on any atom is 0.253 e. The molecule has 2 rings (SSSR count). The zero-order chi connectivity index (χ0) is 23.5. The molecule has 0 heterocycles. The van der Waals surface area contributed by atoms with E-state index in [1.165, 1.54) is 5.56 Å². The largest absolute Gasteiger partial charge is 0.490 e. The molecule has 2 aromatic carbocycles. The van der Waals surface area contributed by atoms with Crippen LogP contribution in [0, 0.1) is 6.92 Å². The van der Waals surface area contributed by atoms with Crippen molar-refractivity contribution in [2.45, 2.75) is 53.2 Å². The number of hydrogen-bond donors (Lipinski definition) is 2. The van der Waals surface area contributed by atoms with Crippen LogP contribution in [0.4, 0.5) is 0 Å². The van der Waals surface area contributed by atoms with Crippen LogP contribution in [0.3, 0.4) is 0 Å². The van der Waals surface area contributed by atoms with Crippen molar-refractivity contribution in [3.63, 3.8) is 0 Å². The van der Waals surface area contributed by atoms with E-state index in [9.17, 15) is 4.79 Å². The summed E-state index contributed by atoms with van der Waals surface area (Å²) in [6.07, 6.45) is 1.93. The van der Waals surface area contributed by atoms with Gasteiger partial charge in [0.2, 0.25) is 0 Å². The molecule has 2 N–H and O–H groups in total. The number of hydrogen-bond acceptors (Lipinski definition) is 3. The topological polar surface area (TPSA) is 66.0 Å². The lowest BCUT2D eigenvalue weighted by Crippen LogP contribution is -2.38. The molecule has 1 unspecified atom stereocenters. The van der Waals surface area contributed by atoms with Gasteiger partial charge in [-0.2, -0.15) is 0 Å². The summed E-state index contributed by atoms with van der Waals surface area (Å²) >= 11 is 0. The first-order valence-electron chi connectivity index (χ1n) is 11.4. The molecule has 0 spiro atoms. The lowest BCUT2D eigenvalue weighted by atomic mass is 10.1. The molecule has 0 aliphatic heterocycles. The Labute approximate surface area is 216 Å². The van der Waals surface area contributed by atoms with E-state index >= 15 is 0 Å². The van der Waals surface area contributed by atoms with Gasteiger partial charge in [-0.15, -0.1) is 24.0 Å². The molecular weight excluding hydrogens is 527 g/mol. The number of benzene rings is 2. The highest BCUT2D eigenvalue weighted by Gasteiger charge is 2.10. The minimum atomic E-state index is 0. The third kappa shape index (κ3) is 9.61. The van der Waals surface area contributed by atoms with Crippen LogP contribution in [0.5, 0.6) is 5.75 Å². The van der Waals surface area contributed by atoms with Crippen molar-refractivity contribution < 1.29 is 9.53 Å². The van der Waals surface area contributed by atoms with Crippen LogP contribution in [0.15, 0.2) is 47.5 Å². The second-order valence-corrected chi connectivity index (χ2v) is 8.22. The summed E-state index contributed by atoms with van der Waals surface area (Å²) in [5.74, 6) is 1.69. The second kappa shape index (κ2) is 14.8. The number of nitrogens with zero attached hydrogens (tertiary/aromatic N) is 2. The third-order valence-electron chi connectivity index (χ3n) is 5.16. The molecule has 0 radical (unpaired) electrons. The van der Waals surface area contributed by atoms with Gasteiger partial charge in [0, 0.05) is 38.3 Å². The van der Waals surface area contributed by atoms with Gasteiger partial charge in [0.05, 0.1) is 12.6 Å². The van der Waals surface area contributed by atoms with Gasteiger partial charge in [0.15, 0.2) is 5.96 Å². The number of halogens is 1. The Morgan fingerprint density at radius 2 is 1.88 bits per heavy atom. The molecule has 0 fully saturated rings. The number of carbonyl (C=O) groups is 1. The molecule has 33 heavy (non-hydrogen) atoms. The first-order chi connectivity index (χ1) is 15.3. The number of ether oxygens (including phenoxy) is 1. The van der Waals surface area contributed by atoms with Crippen molar-refractivity contribution in [1.82, 2.24) is 15.5 Å². The normalized spacial score (nSPS) is 11.9. The van der Waals surface area contributed by atoms with E-state index in [-0.39, 0.29) is 36.0 Å². The lowest BCUT2D eigenvalue weighted by molar-refractivity contribution is 0.0827. The Hall–Kier alpha value is -2.29. The summed E-state index contributed by atoms with van der Waals surface area (Å²) < 4.78 is 6.11. The van der Waals surface area contributed by atoms with E-state index in [4.69, 9.17) is 9.73 Å². The van der Waals surface area contributed by atoms with Crippen LogP contribution in [0.1, 0.15) is 54.2 Å². The predicted molar refractivity (Wildman–Crippen MR) is 148 cm³/mol. The van der Waals surface area contributed by atoms with E-state index in [2.05, 4.69) is 56.5 Å². The van der Waals surface area contributed by atoms with Crippen molar-refractivity contribution in [3.05, 3.63) is 64.7 Å². The molecule has 6 nitrogen and oxygen atoms in total. The van der Waals surface area contributed by atoms with E-state index < -0.39 is 0 Å². The van der Waals surface area contributed by atoms with E-state index in [1.807, 2.05) is 24.3 Å². The zero-order valence-corrected chi connectivity index (χ0v) is 23.1. The van der Waals surface area contributed by atoms with Crippen LogP contribution >= 0.6 is 24.0 Å². The fourth-order valence-corrected chi connectivity index (χ4v) is 3.15. The Kier molecular flexibility index (Phi) is 12.9. The van der Waals surface area contributed by atoms with Crippen LogP contribution in [-0.4, -0.2) is 50.1 Å². The standard InChI is InChI=1S/C26H38N4O2.HI/c1-7-20(4)32-24-16-19(3)12-13-23(24)18-29-26(27-8-2)28-15-14-21-10-9-11-22(17-21)25(31)30(5)6;/h9-13,16-17,20H,7-8,14-15,18H2,1-6H3,(H2,27,28,29);1H. The number of aryl methyl sites for hydroxylation is 1. The van der Waals surface area contributed by atoms with E-state index in [0.717, 1.165) is 48.8 Å². The minimum Gasteiger partial charge on any atom is -0.490 e. The van der Waals surface area contributed by atoms with Gasteiger partial charge in [-0.05, 0) is 62.9 Å².